The van der Waals surface area contributed by atoms with Gasteiger partial charge >= 0.3 is 0 Å². The third-order valence-corrected chi connectivity index (χ3v) is 5.79. The molecule has 1 saturated heterocycles. The number of ketones is 1. The van der Waals surface area contributed by atoms with Crippen LogP contribution in [0.3, 0.4) is 0 Å². The number of H-pyrrole nitrogens is 1. The fourth-order valence-electron chi connectivity index (χ4n) is 3.90. The Hall–Kier alpha value is -3.45. The summed E-state index contributed by atoms with van der Waals surface area (Å²) in [4.78, 5) is 41.1. The summed E-state index contributed by atoms with van der Waals surface area (Å²) in [5, 5.41) is 2.67. The molecule has 7 nitrogen and oxygen atoms in total. The van der Waals surface area contributed by atoms with Crippen LogP contribution in [0.1, 0.15) is 10.4 Å². The Bertz CT molecular complexity index is 1270. The quantitative estimate of drug-likeness (QED) is 0.407. The number of hydrogen-bond acceptors (Lipinski definition) is 5. The van der Waals surface area contributed by atoms with Gasteiger partial charge < -0.3 is 14.8 Å². The van der Waals surface area contributed by atoms with Crippen LogP contribution >= 0.6 is 11.6 Å². The van der Waals surface area contributed by atoms with Gasteiger partial charge in [0.25, 0.3) is 11.7 Å². The number of benzene rings is 1. The maximum atomic E-state index is 12.8. The lowest BCUT2D eigenvalue weighted by atomic mass is 10.1. The fraction of sp³-hybridized carbons (Fsp3) is 0.182. The standard InChI is InChI=1S/C22H18ClN5O2/c23-17-6-8-24-18-16(13-26-19(17)18)20(29)22(30)28-11-9-27(10-12-28)21-15-4-2-1-3-14(15)5-7-25-21/h1-8,13,26H,9-12H2. The fourth-order valence-corrected chi connectivity index (χ4v) is 4.10. The van der Waals surface area contributed by atoms with Crippen LogP contribution in [0.4, 0.5) is 5.82 Å². The minimum absolute atomic E-state index is 0.246. The van der Waals surface area contributed by atoms with Gasteiger partial charge in [0.1, 0.15) is 11.3 Å². The monoisotopic (exact) mass is 419 g/mol. The van der Waals surface area contributed by atoms with Crippen molar-refractivity contribution in [3.63, 3.8) is 0 Å². The van der Waals surface area contributed by atoms with E-state index in [1.165, 1.54) is 12.4 Å². The number of nitrogens with zero attached hydrogens (tertiary/aromatic N) is 4. The highest BCUT2D eigenvalue weighted by Gasteiger charge is 2.29. The normalized spacial score (nSPS) is 14.4. The largest absolute Gasteiger partial charge is 0.358 e. The van der Waals surface area contributed by atoms with E-state index < -0.39 is 11.7 Å². The molecule has 0 unspecified atom stereocenters. The molecule has 0 radical (unpaired) electrons. The van der Waals surface area contributed by atoms with E-state index in [0.717, 1.165) is 16.6 Å². The number of nitrogens with one attached hydrogen (secondary N) is 1. The van der Waals surface area contributed by atoms with Crippen LogP contribution in [0.5, 0.6) is 0 Å². The molecule has 1 aliphatic heterocycles. The molecule has 0 saturated carbocycles. The van der Waals surface area contributed by atoms with E-state index in [1.54, 1.807) is 17.2 Å². The van der Waals surface area contributed by atoms with Gasteiger partial charge in [0.15, 0.2) is 0 Å². The Morgan fingerprint density at radius 1 is 0.967 bits per heavy atom. The van der Waals surface area contributed by atoms with Gasteiger partial charge in [-0.05, 0) is 17.5 Å². The van der Waals surface area contributed by atoms with Gasteiger partial charge in [0.2, 0.25) is 0 Å². The van der Waals surface area contributed by atoms with Crippen molar-refractivity contribution in [3.05, 3.63) is 65.6 Å². The van der Waals surface area contributed by atoms with Gasteiger partial charge in [-0.1, -0.05) is 35.9 Å². The molecular formula is C22H18ClN5O2. The minimum atomic E-state index is -0.576. The number of amides is 1. The van der Waals surface area contributed by atoms with E-state index in [0.29, 0.717) is 42.2 Å². The first-order chi connectivity index (χ1) is 14.6. The number of carbonyl (C=O) groups is 2. The summed E-state index contributed by atoms with van der Waals surface area (Å²) >= 11 is 6.13. The van der Waals surface area contributed by atoms with Crippen LogP contribution in [0.15, 0.2) is 55.0 Å². The highest BCUT2D eigenvalue weighted by molar-refractivity contribution is 6.45. The van der Waals surface area contributed by atoms with Crippen LogP contribution in [-0.2, 0) is 4.79 Å². The zero-order valence-electron chi connectivity index (χ0n) is 16.0. The Morgan fingerprint density at radius 2 is 1.73 bits per heavy atom. The average molecular weight is 420 g/mol. The predicted molar refractivity (Wildman–Crippen MR) is 116 cm³/mol. The van der Waals surface area contributed by atoms with Crippen LogP contribution in [0, 0.1) is 0 Å². The summed E-state index contributed by atoms with van der Waals surface area (Å²) in [5.41, 5.74) is 1.22. The van der Waals surface area contributed by atoms with Gasteiger partial charge in [-0.25, -0.2) is 4.98 Å². The second kappa shape index (κ2) is 7.42. The molecule has 30 heavy (non-hydrogen) atoms. The van der Waals surface area contributed by atoms with Crippen LogP contribution in [0.2, 0.25) is 5.02 Å². The van der Waals surface area contributed by atoms with Gasteiger partial charge in [-0.2, -0.15) is 0 Å². The highest BCUT2D eigenvalue weighted by Crippen LogP contribution is 2.26. The van der Waals surface area contributed by atoms with E-state index in [9.17, 15) is 9.59 Å². The molecule has 0 atom stereocenters. The molecule has 8 heteroatoms. The molecule has 0 spiro atoms. The summed E-state index contributed by atoms with van der Waals surface area (Å²) < 4.78 is 0. The summed E-state index contributed by atoms with van der Waals surface area (Å²) in [5.74, 6) is -0.196. The van der Waals surface area contributed by atoms with Crippen molar-refractivity contribution in [3.8, 4) is 0 Å². The number of piperazine rings is 1. The second-order valence-electron chi connectivity index (χ2n) is 7.18. The van der Waals surface area contributed by atoms with Gasteiger partial charge in [0.05, 0.1) is 16.1 Å². The number of anilines is 1. The second-order valence-corrected chi connectivity index (χ2v) is 7.59. The van der Waals surface area contributed by atoms with E-state index in [2.05, 4.69) is 25.9 Å². The molecule has 4 heterocycles. The highest BCUT2D eigenvalue weighted by atomic mass is 35.5. The molecule has 4 aromatic rings. The number of carbonyl (C=O) groups excluding carboxylic acids is 2. The molecule has 1 fully saturated rings. The third kappa shape index (κ3) is 3.07. The zero-order valence-corrected chi connectivity index (χ0v) is 16.8. The van der Waals surface area contributed by atoms with E-state index >= 15 is 0 Å². The Labute approximate surface area is 177 Å². The molecular weight excluding hydrogens is 402 g/mol. The lowest BCUT2D eigenvalue weighted by Crippen LogP contribution is -2.50. The first-order valence-electron chi connectivity index (χ1n) is 9.67. The summed E-state index contributed by atoms with van der Waals surface area (Å²) in [6.07, 6.45) is 4.82. The number of halogens is 1. The molecule has 0 bridgehead atoms. The molecule has 1 N–H and O–H groups in total. The Balaban J connectivity index is 1.33. The van der Waals surface area contributed by atoms with E-state index in [-0.39, 0.29) is 5.56 Å². The van der Waals surface area contributed by atoms with Crippen LogP contribution in [0.25, 0.3) is 21.8 Å². The first-order valence-corrected chi connectivity index (χ1v) is 10.0. The third-order valence-electron chi connectivity index (χ3n) is 5.47. The zero-order chi connectivity index (χ0) is 20.7. The van der Waals surface area contributed by atoms with Gasteiger partial charge in [-0.15, -0.1) is 0 Å². The number of rotatable bonds is 3. The molecule has 1 amide bonds. The molecule has 5 rings (SSSR count). The predicted octanol–water partition coefficient (Wildman–Crippen LogP) is 3.30. The number of aromatic nitrogens is 3. The Kier molecular flexibility index (Phi) is 4.59. The Morgan fingerprint density at radius 3 is 2.57 bits per heavy atom. The number of pyridine rings is 2. The summed E-state index contributed by atoms with van der Waals surface area (Å²) in [7, 11) is 0. The lowest BCUT2D eigenvalue weighted by molar-refractivity contribution is -0.126. The van der Waals surface area contributed by atoms with Crippen molar-refractivity contribution in [2.45, 2.75) is 0 Å². The SMILES string of the molecule is O=C(C(=O)N1CCN(c2nccc3ccccc23)CC1)c1c[nH]c2c(Cl)ccnc12. The number of hydrogen-bond donors (Lipinski definition) is 1. The van der Waals surface area contributed by atoms with Crippen LogP contribution in [-0.4, -0.2) is 57.7 Å². The summed E-state index contributed by atoms with van der Waals surface area (Å²) in [6.45, 7) is 2.12. The lowest BCUT2D eigenvalue weighted by Gasteiger charge is -2.35. The minimum Gasteiger partial charge on any atom is -0.358 e. The first kappa shape index (κ1) is 18.6. The van der Waals surface area contributed by atoms with Gasteiger partial charge in [-0.3, -0.25) is 14.6 Å². The molecule has 0 aliphatic carbocycles. The van der Waals surface area contributed by atoms with E-state index in [4.69, 9.17) is 11.6 Å². The number of Topliss-reactive ketones (excluding diaryl/α,β-unsaturated/α-hetero) is 1. The van der Waals surface area contributed by atoms with Crippen LogP contribution < -0.4 is 4.90 Å². The topological polar surface area (TPSA) is 82.2 Å². The maximum Gasteiger partial charge on any atom is 0.295 e. The van der Waals surface area contributed by atoms with E-state index in [1.807, 2.05) is 24.3 Å². The molecule has 150 valence electrons. The van der Waals surface area contributed by atoms with Crippen molar-refractivity contribution < 1.29 is 9.59 Å². The van der Waals surface area contributed by atoms with Crippen molar-refractivity contribution in [2.24, 2.45) is 0 Å². The van der Waals surface area contributed by atoms with Crippen molar-refractivity contribution in [1.29, 1.82) is 0 Å². The van der Waals surface area contributed by atoms with Crippen molar-refractivity contribution in [1.82, 2.24) is 19.9 Å². The molecule has 1 aromatic carbocycles. The molecule has 3 aromatic heterocycles. The average Bonchev–Trinajstić information content (AvgIpc) is 3.23. The summed E-state index contributed by atoms with van der Waals surface area (Å²) in [6, 6.07) is 11.7. The smallest absolute Gasteiger partial charge is 0.295 e. The number of fused-ring (bicyclic) bond motifs is 2. The van der Waals surface area contributed by atoms with Crippen molar-refractivity contribution in [2.75, 3.05) is 31.1 Å². The maximum absolute atomic E-state index is 12.8. The number of aromatic amines is 1. The van der Waals surface area contributed by atoms with Gasteiger partial charge in [0, 0.05) is 50.2 Å². The van der Waals surface area contributed by atoms with Crippen molar-refractivity contribution >= 4 is 50.9 Å². The molecule has 1 aliphatic rings.